The Bertz CT molecular complexity index is 833. The molecule has 0 unspecified atom stereocenters. The number of fused-ring (bicyclic) bond motifs is 1. The summed E-state index contributed by atoms with van der Waals surface area (Å²) >= 11 is 0. The second kappa shape index (κ2) is 5.87. The first kappa shape index (κ1) is 15.6. The third-order valence-electron chi connectivity index (χ3n) is 4.81. The van der Waals surface area contributed by atoms with E-state index in [0.29, 0.717) is 30.0 Å². The first-order valence-corrected chi connectivity index (χ1v) is 8.32. The fraction of sp³-hybridized carbons (Fsp3) is 0.412. The third kappa shape index (κ3) is 2.84. The summed E-state index contributed by atoms with van der Waals surface area (Å²) in [6.45, 7) is 2.83. The number of anilines is 1. The van der Waals surface area contributed by atoms with Crippen molar-refractivity contribution in [3.8, 4) is 0 Å². The average Bonchev–Trinajstić information content (AvgIpc) is 3.00. The lowest BCUT2D eigenvalue weighted by molar-refractivity contribution is -0.132. The van der Waals surface area contributed by atoms with E-state index in [1.54, 1.807) is 17.9 Å². The van der Waals surface area contributed by atoms with E-state index in [0.717, 1.165) is 18.5 Å². The zero-order chi connectivity index (χ0) is 17.4. The maximum atomic E-state index is 12.6. The highest BCUT2D eigenvalue weighted by Crippen LogP contribution is 2.30. The number of rotatable bonds is 2. The summed E-state index contributed by atoms with van der Waals surface area (Å²) in [6.07, 6.45) is 1.72. The van der Waals surface area contributed by atoms with Gasteiger partial charge in [-0.3, -0.25) is 9.59 Å². The van der Waals surface area contributed by atoms with Gasteiger partial charge in [0.25, 0.3) is 5.91 Å². The molecule has 4 rings (SSSR count). The highest BCUT2D eigenvalue weighted by Gasteiger charge is 2.42. The molecule has 0 radical (unpaired) electrons. The van der Waals surface area contributed by atoms with Gasteiger partial charge in [-0.15, -0.1) is 0 Å². The lowest BCUT2D eigenvalue weighted by Gasteiger charge is -2.46. The number of aromatic nitrogens is 2. The summed E-state index contributed by atoms with van der Waals surface area (Å²) in [4.78, 5) is 26.9. The van der Waals surface area contributed by atoms with E-state index in [-0.39, 0.29) is 18.2 Å². The fourth-order valence-corrected chi connectivity index (χ4v) is 3.50. The maximum absolute atomic E-state index is 12.6. The summed E-state index contributed by atoms with van der Waals surface area (Å²) in [5, 5.41) is 14.0. The molecule has 1 aromatic carbocycles. The maximum Gasteiger partial charge on any atom is 0.255 e. The number of carbonyl (C=O) groups excluding carboxylic acids is 2. The van der Waals surface area contributed by atoms with E-state index in [9.17, 15) is 9.59 Å². The molecule has 2 aliphatic rings. The Morgan fingerprint density at radius 2 is 2.16 bits per heavy atom. The van der Waals surface area contributed by atoms with Crippen LogP contribution in [0.4, 0.5) is 5.69 Å². The van der Waals surface area contributed by atoms with Crippen molar-refractivity contribution in [1.29, 1.82) is 0 Å². The van der Waals surface area contributed by atoms with Gasteiger partial charge in [-0.1, -0.05) is 22.4 Å². The van der Waals surface area contributed by atoms with Crippen molar-refractivity contribution in [1.82, 2.24) is 20.5 Å². The molecule has 25 heavy (non-hydrogen) atoms. The average molecular weight is 341 g/mol. The van der Waals surface area contributed by atoms with Crippen LogP contribution in [-0.2, 0) is 11.2 Å². The van der Waals surface area contributed by atoms with Crippen LogP contribution in [0.3, 0.4) is 0 Å². The number of likely N-dealkylation sites (tertiary alicyclic amines) is 1. The molecule has 0 aliphatic carbocycles. The van der Waals surface area contributed by atoms with Crippen molar-refractivity contribution in [3.63, 3.8) is 0 Å². The Balaban J connectivity index is 1.52. The molecule has 1 aromatic heterocycles. The molecule has 8 nitrogen and oxygen atoms in total. The van der Waals surface area contributed by atoms with Gasteiger partial charge in [0.2, 0.25) is 5.91 Å². The topological polar surface area (TPSA) is 100 Å². The van der Waals surface area contributed by atoms with Crippen molar-refractivity contribution in [2.24, 2.45) is 0 Å². The largest absolute Gasteiger partial charge is 0.361 e. The molecular weight excluding hydrogens is 322 g/mol. The van der Waals surface area contributed by atoms with E-state index in [2.05, 4.69) is 25.6 Å². The number of hydrogen-bond donors (Lipinski definition) is 2. The van der Waals surface area contributed by atoms with Crippen LogP contribution in [0.1, 0.15) is 34.6 Å². The number of amides is 2. The van der Waals surface area contributed by atoms with Gasteiger partial charge in [-0.05, 0) is 31.9 Å². The first-order chi connectivity index (χ1) is 12.1. The predicted molar refractivity (Wildman–Crippen MR) is 88.8 cm³/mol. The standard InChI is InChI=1S/C17H19N5O3/c1-11-14(21-25-20-11)9-15(23)22-8-4-7-17(10-22)18-13-6-3-2-5-12(13)16(24)19-17/h2-3,5-6,18H,4,7-10H2,1H3,(H,19,24)/t17-/m1/s1. The number of nitrogens with one attached hydrogen (secondary N) is 2. The van der Waals surface area contributed by atoms with Gasteiger partial charge in [0.15, 0.2) is 0 Å². The van der Waals surface area contributed by atoms with Gasteiger partial charge in [-0.2, -0.15) is 0 Å². The van der Waals surface area contributed by atoms with Crippen molar-refractivity contribution in [2.75, 3.05) is 18.4 Å². The van der Waals surface area contributed by atoms with Crippen LogP contribution in [0.5, 0.6) is 0 Å². The number of nitrogens with zero attached hydrogens (tertiary/aromatic N) is 3. The summed E-state index contributed by atoms with van der Waals surface area (Å²) in [7, 11) is 0. The number of hydrogen-bond acceptors (Lipinski definition) is 6. The Morgan fingerprint density at radius 3 is 2.96 bits per heavy atom. The lowest BCUT2D eigenvalue weighted by Crippen LogP contribution is -2.66. The highest BCUT2D eigenvalue weighted by molar-refractivity contribution is 6.02. The molecule has 1 fully saturated rings. The van der Waals surface area contributed by atoms with Gasteiger partial charge in [-0.25, -0.2) is 4.63 Å². The van der Waals surface area contributed by atoms with Gasteiger partial charge in [0.1, 0.15) is 17.1 Å². The summed E-state index contributed by atoms with van der Waals surface area (Å²) in [5.74, 6) is -0.159. The summed E-state index contributed by atoms with van der Waals surface area (Å²) < 4.78 is 4.66. The van der Waals surface area contributed by atoms with Gasteiger partial charge in [0, 0.05) is 12.2 Å². The van der Waals surface area contributed by atoms with Crippen molar-refractivity contribution in [2.45, 2.75) is 31.8 Å². The zero-order valence-corrected chi connectivity index (χ0v) is 13.9. The second-order valence-corrected chi connectivity index (χ2v) is 6.60. The van der Waals surface area contributed by atoms with E-state index < -0.39 is 5.66 Å². The Morgan fingerprint density at radius 1 is 1.32 bits per heavy atom. The molecule has 0 saturated carbocycles. The molecule has 1 spiro atoms. The number of piperidine rings is 1. The molecule has 8 heteroatoms. The van der Waals surface area contributed by atoms with Gasteiger partial charge in [0.05, 0.1) is 18.5 Å². The summed E-state index contributed by atoms with van der Waals surface area (Å²) in [6, 6.07) is 7.41. The predicted octanol–water partition coefficient (Wildman–Crippen LogP) is 1.09. The Kier molecular flexibility index (Phi) is 3.67. The second-order valence-electron chi connectivity index (χ2n) is 6.60. The van der Waals surface area contributed by atoms with Crippen LogP contribution in [0.25, 0.3) is 0 Å². The third-order valence-corrected chi connectivity index (χ3v) is 4.81. The molecule has 130 valence electrons. The molecule has 2 amide bonds. The van der Waals surface area contributed by atoms with Crippen molar-refractivity contribution >= 4 is 17.5 Å². The van der Waals surface area contributed by atoms with Crippen LogP contribution < -0.4 is 10.6 Å². The van der Waals surface area contributed by atoms with E-state index in [1.165, 1.54) is 0 Å². The normalized spacial score (nSPS) is 22.3. The van der Waals surface area contributed by atoms with Crippen molar-refractivity contribution < 1.29 is 14.2 Å². The molecule has 1 atom stereocenters. The number of para-hydroxylation sites is 1. The molecule has 2 aromatic rings. The minimum absolute atomic E-state index is 0.0483. The fourth-order valence-electron chi connectivity index (χ4n) is 3.50. The molecule has 1 saturated heterocycles. The van der Waals surface area contributed by atoms with Crippen LogP contribution in [0.2, 0.25) is 0 Å². The molecular formula is C17H19N5O3. The molecule has 0 bridgehead atoms. The number of benzene rings is 1. The van der Waals surface area contributed by atoms with Gasteiger partial charge >= 0.3 is 0 Å². The van der Waals surface area contributed by atoms with Crippen LogP contribution >= 0.6 is 0 Å². The SMILES string of the molecule is Cc1nonc1CC(=O)N1CCC[C@]2(C1)NC(=O)c1ccccc1N2. The van der Waals surface area contributed by atoms with Crippen LogP contribution in [0, 0.1) is 6.92 Å². The monoisotopic (exact) mass is 341 g/mol. The number of carbonyl (C=O) groups is 2. The highest BCUT2D eigenvalue weighted by atomic mass is 16.6. The molecule has 3 heterocycles. The Hall–Kier alpha value is -2.90. The zero-order valence-electron chi connectivity index (χ0n) is 13.9. The smallest absolute Gasteiger partial charge is 0.255 e. The minimum Gasteiger partial charge on any atom is -0.361 e. The van der Waals surface area contributed by atoms with Gasteiger partial charge < -0.3 is 15.5 Å². The van der Waals surface area contributed by atoms with Crippen LogP contribution in [-0.4, -0.2) is 45.8 Å². The van der Waals surface area contributed by atoms with Crippen LogP contribution in [0.15, 0.2) is 28.9 Å². The van der Waals surface area contributed by atoms with Crippen molar-refractivity contribution in [3.05, 3.63) is 41.2 Å². The molecule has 2 N–H and O–H groups in total. The minimum atomic E-state index is -0.629. The number of aryl methyl sites for hydroxylation is 1. The quantitative estimate of drug-likeness (QED) is 0.848. The van der Waals surface area contributed by atoms with E-state index >= 15 is 0 Å². The van der Waals surface area contributed by atoms with E-state index in [1.807, 2.05) is 18.2 Å². The van der Waals surface area contributed by atoms with E-state index in [4.69, 9.17) is 0 Å². The summed E-state index contributed by atoms with van der Waals surface area (Å²) in [5.41, 5.74) is 1.97. The lowest BCUT2D eigenvalue weighted by atomic mass is 9.93. The Labute approximate surface area is 144 Å². The molecule has 2 aliphatic heterocycles. The first-order valence-electron chi connectivity index (χ1n) is 8.32.